The summed E-state index contributed by atoms with van der Waals surface area (Å²) in [6, 6.07) is 3.12. The first kappa shape index (κ1) is 25.7. The molecule has 0 saturated heterocycles. The second-order valence-electron chi connectivity index (χ2n) is 5.53. The summed E-state index contributed by atoms with van der Waals surface area (Å²) in [6.07, 6.45) is 0.593. The van der Waals surface area contributed by atoms with Gasteiger partial charge in [0.25, 0.3) is 5.96 Å². The zero-order chi connectivity index (χ0) is 19.9. The maximum Gasteiger partial charge on any atom is 0.390 e. The topological polar surface area (TPSA) is 118 Å². The summed E-state index contributed by atoms with van der Waals surface area (Å²) in [6.45, 7) is 4.41. The Morgan fingerprint density at radius 2 is 1.70 bits per heavy atom. The number of aliphatic hydroxyl groups is 1. The fraction of sp³-hybridized carbons (Fsp3) is 0.467. The van der Waals surface area contributed by atoms with Crippen LogP contribution in [0.4, 0.5) is 0 Å². The number of guanidine groups is 2. The average molecular weight is 463 g/mol. The average Bonchev–Trinajstić information content (AvgIpc) is 2.55. The van der Waals surface area contributed by atoms with Gasteiger partial charge >= 0.3 is 5.96 Å². The zero-order valence-electron chi connectivity index (χ0n) is 15.1. The molecular formula is C15H23Cl4N5O3. The lowest BCUT2D eigenvalue weighted by Crippen LogP contribution is -3.00. The van der Waals surface area contributed by atoms with Crippen LogP contribution in [0.5, 0.6) is 5.75 Å². The van der Waals surface area contributed by atoms with Crippen molar-refractivity contribution in [3.63, 3.8) is 0 Å². The van der Waals surface area contributed by atoms with Crippen LogP contribution in [-0.4, -0.2) is 47.8 Å². The van der Waals surface area contributed by atoms with E-state index < -0.39 is 5.66 Å². The number of ether oxygens (including phenoxy) is 1. The summed E-state index contributed by atoms with van der Waals surface area (Å²) < 4.78 is 7.05. The fourth-order valence-corrected chi connectivity index (χ4v) is 2.68. The van der Waals surface area contributed by atoms with E-state index in [-0.39, 0.29) is 24.3 Å². The third-order valence-corrected chi connectivity index (χ3v) is 4.12. The normalized spacial score (nSPS) is 14.9. The van der Waals surface area contributed by atoms with Crippen LogP contribution in [0.1, 0.15) is 20.3 Å². The summed E-state index contributed by atoms with van der Waals surface area (Å²) in [7, 11) is 1.00. The highest BCUT2D eigenvalue weighted by molar-refractivity contribution is 6.43. The number of halogens is 4. The highest BCUT2D eigenvalue weighted by atomic mass is 35.5. The van der Waals surface area contributed by atoms with E-state index in [9.17, 15) is 0 Å². The molecule has 0 atom stereocenters. The number of hydroxylamine groups is 1. The van der Waals surface area contributed by atoms with Gasteiger partial charge in [-0.15, -0.1) is 0 Å². The van der Waals surface area contributed by atoms with E-state index in [1.54, 1.807) is 6.07 Å². The maximum absolute atomic E-state index is 7.00. The van der Waals surface area contributed by atoms with Gasteiger partial charge in [-0.2, -0.15) is 4.99 Å². The van der Waals surface area contributed by atoms with Gasteiger partial charge < -0.3 is 32.8 Å². The molecule has 8 nitrogen and oxygen atoms in total. The Labute approximate surface area is 179 Å². The number of rotatable bonds is 6. The maximum atomic E-state index is 7.00. The highest BCUT2D eigenvalue weighted by Gasteiger charge is 2.35. The van der Waals surface area contributed by atoms with E-state index in [4.69, 9.17) is 61.0 Å². The van der Waals surface area contributed by atoms with E-state index in [0.29, 0.717) is 40.5 Å². The standard InChI is InChI=1S/C14H18Cl3N5O2.CH4O.ClH/c1-14(2)21-12(18)20-13(19)22(14)24-5-3-4-23-11-7-9(16)8(15)6-10(11)17;1-2;/h6-7H,3-5H2,1-2H3,(H4,18,19,20,21);2H,1H3;1H. The van der Waals surface area contributed by atoms with Crippen molar-refractivity contribution in [2.45, 2.75) is 25.9 Å². The minimum atomic E-state index is -0.701. The summed E-state index contributed by atoms with van der Waals surface area (Å²) in [5, 5.41) is 10.9. The molecule has 0 amide bonds. The first-order valence-electron chi connectivity index (χ1n) is 7.60. The van der Waals surface area contributed by atoms with Crippen molar-refractivity contribution in [1.82, 2.24) is 5.32 Å². The zero-order valence-corrected chi connectivity index (χ0v) is 18.1. The third kappa shape index (κ3) is 7.31. The smallest absolute Gasteiger partial charge is 0.390 e. The third-order valence-electron chi connectivity index (χ3n) is 3.11. The Balaban J connectivity index is 0.00000218. The van der Waals surface area contributed by atoms with E-state index in [1.165, 1.54) is 10.8 Å². The lowest BCUT2D eigenvalue weighted by Gasteiger charge is -2.26. The van der Waals surface area contributed by atoms with E-state index in [1.807, 2.05) is 13.8 Å². The van der Waals surface area contributed by atoms with Gasteiger partial charge in [-0.1, -0.05) is 39.5 Å². The molecule has 0 aliphatic carbocycles. The Morgan fingerprint density at radius 1 is 1.11 bits per heavy atom. The molecule has 1 heterocycles. The summed E-state index contributed by atoms with van der Waals surface area (Å²) in [5.74, 6) is 0.991. The number of nitrogens with two attached hydrogens (primary N) is 2. The molecule has 0 bridgehead atoms. The van der Waals surface area contributed by atoms with Gasteiger partial charge in [0.15, 0.2) is 0 Å². The van der Waals surface area contributed by atoms with Gasteiger partial charge in [0.2, 0.25) is 5.66 Å². The first-order chi connectivity index (χ1) is 12.2. The number of hydrogen-bond acceptors (Lipinski definition) is 7. The Bertz CT molecular complexity index is 698. The van der Waals surface area contributed by atoms with Crippen LogP contribution in [0.3, 0.4) is 0 Å². The number of benzene rings is 1. The molecule has 0 aromatic heterocycles. The molecule has 27 heavy (non-hydrogen) atoms. The van der Waals surface area contributed by atoms with Crippen molar-refractivity contribution in [3.05, 3.63) is 27.2 Å². The van der Waals surface area contributed by atoms with Crippen LogP contribution in [0, 0.1) is 0 Å². The van der Waals surface area contributed by atoms with Crippen LogP contribution >= 0.6 is 34.8 Å². The number of aliphatic hydroxyl groups excluding tert-OH is 1. The van der Waals surface area contributed by atoms with Crippen molar-refractivity contribution in [2.75, 3.05) is 20.3 Å². The monoisotopic (exact) mass is 461 g/mol. The van der Waals surface area contributed by atoms with Crippen molar-refractivity contribution >= 4 is 46.7 Å². The quantitative estimate of drug-likeness (QED) is 0.243. The van der Waals surface area contributed by atoms with Gasteiger partial charge in [-0.05, 0) is 19.9 Å². The SMILES string of the molecule is CC1(C)N=C(N)NC(N)=[N+]1OCCCOc1cc(Cl)c(Cl)cc1Cl.CO.[Cl-]. The fourth-order valence-electron chi connectivity index (χ4n) is 2.08. The van der Waals surface area contributed by atoms with Crippen LogP contribution in [0.15, 0.2) is 17.1 Å². The van der Waals surface area contributed by atoms with Gasteiger partial charge in [0.1, 0.15) is 12.4 Å². The lowest BCUT2D eigenvalue weighted by molar-refractivity contribution is -0.834. The molecular weight excluding hydrogens is 440 g/mol. The molecule has 6 N–H and O–H groups in total. The van der Waals surface area contributed by atoms with Gasteiger partial charge in [-0.25, -0.2) is 5.32 Å². The molecule has 154 valence electrons. The molecule has 0 fully saturated rings. The first-order valence-corrected chi connectivity index (χ1v) is 8.74. The number of hydrogen-bond donors (Lipinski definition) is 4. The van der Waals surface area contributed by atoms with Crippen molar-refractivity contribution in [2.24, 2.45) is 16.5 Å². The molecule has 0 radical (unpaired) electrons. The number of nitrogens with one attached hydrogen (secondary N) is 1. The summed E-state index contributed by atoms with van der Waals surface area (Å²) in [5.41, 5.74) is 10.8. The molecule has 0 unspecified atom stereocenters. The Morgan fingerprint density at radius 3 is 2.30 bits per heavy atom. The second-order valence-corrected chi connectivity index (χ2v) is 6.75. The van der Waals surface area contributed by atoms with Crippen LogP contribution in [0.2, 0.25) is 15.1 Å². The largest absolute Gasteiger partial charge is 1.00 e. The number of aliphatic imine (C=N–C) groups is 1. The Kier molecular flexibility index (Phi) is 10.9. The minimum absolute atomic E-state index is 0. The van der Waals surface area contributed by atoms with Crippen molar-refractivity contribution in [1.29, 1.82) is 0 Å². The summed E-state index contributed by atoms with van der Waals surface area (Å²) >= 11 is 17.9. The molecule has 12 heteroatoms. The van der Waals surface area contributed by atoms with Crippen LogP contribution in [-0.2, 0) is 4.84 Å². The van der Waals surface area contributed by atoms with E-state index >= 15 is 0 Å². The molecule has 1 aliphatic heterocycles. The van der Waals surface area contributed by atoms with Gasteiger partial charge in [0, 0.05) is 19.6 Å². The Hall–Kier alpha value is -1.32. The minimum Gasteiger partial charge on any atom is -1.00 e. The van der Waals surface area contributed by atoms with Crippen molar-refractivity contribution in [3.8, 4) is 5.75 Å². The van der Waals surface area contributed by atoms with E-state index in [0.717, 1.165) is 7.11 Å². The van der Waals surface area contributed by atoms with Crippen LogP contribution < -0.4 is 33.9 Å². The predicted octanol–water partition coefficient (Wildman–Crippen LogP) is -1.06. The van der Waals surface area contributed by atoms with Gasteiger partial charge in [-0.3, -0.25) is 5.73 Å². The second kappa shape index (κ2) is 11.5. The highest BCUT2D eigenvalue weighted by Crippen LogP contribution is 2.33. The summed E-state index contributed by atoms with van der Waals surface area (Å²) in [4.78, 5) is 9.89. The number of nitrogens with zero attached hydrogens (tertiary/aromatic N) is 2. The van der Waals surface area contributed by atoms with E-state index in [2.05, 4.69) is 10.3 Å². The molecule has 0 saturated carbocycles. The van der Waals surface area contributed by atoms with Gasteiger partial charge in [0.05, 0.1) is 21.7 Å². The molecule has 1 aromatic rings. The predicted molar refractivity (Wildman–Crippen MR) is 104 cm³/mol. The van der Waals surface area contributed by atoms with Crippen LogP contribution in [0.25, 0.3) is 0 Å². The lowest BCUT2D eigenvalue weighted by atomic mass is 10.2. The molecule has 1 aliphatic rings. The molecule has 1 aromatic carbocycles. The molecule has 0 spiro atoms. The van der Waals surface area contributed by atoms with Crippen molar-refractivity contribution < 1.29 is 31.8 Å². The molecule has 2 rings (SSSR count).